The maximum absolute atomic E-state index is 13.0. The van der Waals surface area contributed by atoms with E-state index in [0.717, 1.165) is 47.2 Å². The van der Waals surface area contributed by atoms with Gasteiger partial charge >= 0.3 is 6.18 Å². The molecule has 0 saturated heterocycles. The summed E-state index contributed by atoms with van der Waals surface area (Å²) in [6, 6.07) is 8.98. The fraction of sp³-hybridized carbons (Fsp3) is 0.240. The molecule has 0 atom stereocenters. The summed E-state index contributed by atoms with van der Waals surface area (Å²) in [6.07, 6.45) is 3.99. The van der Waals surface area contributed by atoms with Crippen LogP contribution in [0.1, 0.15) is 41.4 Å². The third kappa shape index (κ3) is 4.01. The van der Waals surface area contributed by atoms with Crippen molar-refractivity contribution < 1.29 is 13.2 Å². The van der Waals surface area contributed by atoms with Crippen LogP contribution in [0.3, 0.4) is 0 Å². The van der Waals surface area contributed by atoms with Gasteiger partial charge in [-0.25, -0.2) is 19.6 Å². The molecule has 0 spiro atoms. The first-order valence-electron chi connectivity index (χ1n) is 11.3. The number of hydrogen-bond acceptors (Lipinski definition) is 5. The van der Waals surface area contributed by atoms with Crippen LogP contribution in [-0.4, -0.2) is 34.3 Å². The monoisotopic (exact) mass is 509 g/mol. The lowest BCUT2D eigenvalue weighted by Gasteiger charge is -2.10. The smallest absolute Gasteiger partial charge is 0.333 e. The lowest BCUT2D eigenvalue weighted by molar-refractivity contribution is -0.140. The molecule has 0 unspecified atom stereocenters. The van der Waals surface area contributed by atoms with E-state index < -0.39 is 11.9 Å². The number of pyridine rings is 1. The van der Waals surface area contributed by atoms with Crippen LogP contribution in [0.2, 0.25) is 5.02 Å². The summed E-state index contributed by atoms with van der Waals surface area (Å²) in [5.74, 6) is 0.609. The van der Waals surface area contributed by atoms with Crippen LogP contribution >= 0.6 is 11.6 Å². The Balaban J connectivity index is 1.36. The Morgan fingerprint density at radius 3 is 2.56 bits per heavy atom. The molecule has 4 heterocycles. The van der Waals surface area contributed by atoms with E-state index in [0.29, 0.717) is 28.4 Å². The predicted molar refractivity (Wildman–Crippen MR) is 128 cm³/mol. The molecule has 0 aliphatic heterocycles. The fourth-order valence-corrected chi connectivity index (χ4v) is 4.59. The Bertz CT molecular complexity index is 1580. The molecule has 0 amide bonds. The van der Waals surface area contributed by atoms with Gasteiger partial charge in [0, 0.05) is 37.3 Å². The third-order valence-corrected chi connectivity index (χ3v) is 6.55. The number of aromatic nitrogens is 7. The highest BCUT2D eigenvalue weighted by Gasteiger charge is 2.34. The number of aryl methyl sites for hydroxylation is 1. The standard InChI is InChI=1S/C25H19ClF3N7/c1-35-12-20(25(27,28)29)33-24(35)16-4-2-14(3-5-16)10-18-22-19(11-30-13-32-22)36(34-18)23-17(26)8-9-31-21(23)15-6-7-15/h2-5,8-9,11-13,15H,6-7,10H2,1H3. The van der Waals surface area contributed by atoms with E-state index in [1.54, 1.807) is 42.3 Å². The Morgan fingerprint density at radius 2 is 1.86 bits per heavy atom. The summed E-state index contributed by atoms with van der Waals surface area (Å²) in [5, 5.41) is 5.42. The lowest BCUT2D eigenvalue weighted by atomic mass is 10.1. The van der Waals surface area contributed by atoms with Crippen molar-refractivity contribution in [3.63, 3.8) is 0 Å². The number of imidazole rings is 1. The summed E-state index contributed by atoms with van der Waals surface area (Å²) in [7, 11) is 1.55. The van der Waals surface area contributed by atoms with Gasteiger partial charge in [-0.15, -0.1) is 0 Å². The van der Waals surface area contributed by atoms with Gasteiger partial charge in [-0.1, -0.05) is 35.9 Å². The molecule has 11 heteroatoms. The van der Waals surface area contributed by atoms with Crippen LogP contribution in [0, 0.1) is 0 Å². The van der Waals surface area contributed by atoms with Crippen LogP contribution in [0.5, 0.6) is 0 Å². The van der Waals surface area contributed by atoms with Crippen molar-refractivity contribution in [2.24, 2.45) is 7.05 Å². The Kier molecular flexibility index (Phi) is 5.29. The quantitative estimate of drug-likeness (QED) is 0.301. The maximum Gasteiger partial charge on any atom is 0.434 e. The topological polar surface area (TPSA) is 74.3 Å². The molecule has 1 aromatic carbocycles. The highest BCUT2D eigenvalue weighted by atomic mass is 35.5. The van der Waals surface area contributed by atoms with Gasteiger partial charge in [0.15, 0.2) is 5.69 Å². The Hall–Kier alpha value is -3.79. The van der Waals surface area contributed by atoms with Gasteiger partial charge in [0.25, 0.3) is 0 Å². The second-order valence-electron chi connectivity index (χ2n) is 8.85. The van der Waals surface area contributed by atoms with Crippen LogP contribution in [0.4, 0.5) is 13.2 Å². The van der Waals surface area contributed by atoms with Crippen LogP contribution in [0.25, 0.3) is 28.1 Å². The lowest BCUT2D eigenvalue weighted by Crippen LogP contribution is -2.05. The molecule has 1 fully saturated rings. The van der Waals surface area contributed by atoms with Crippen molar-refractivity contribution in [3.05, 3.63) is 82.9 Å². The van der Waals surface area contributed by atoms with Crippen molar-refractivity contribution in [3.8, 4) is 17.1 Å². The minimum Gasteiger partial charge on any atom is -0.333 e. The molecule has 1 saturated carbocycles. The van der Waals surface area contributed by atoms with Crippen molar-refractivity contribution in [1.82, 2.24) is 34.3 Å². The minimum absolute atomic E-state index is 0.246. The van der Waals surface area contributed by atoms with Crippen molar-refractivity contribution in [1.29, 1.82) is 0 Å². The molecular formula is C25H19ClF3N7. The Labute approximate surface area is 208 Å². The van der Waals surface area contributed by atoms with Crippen LogP contribution in [0.15, 0.2) is 55.2 Å². The molecule has 7 nitrogen and oxygen atoms in total. The first-order chi connectivity index (χ1) is 17.3. The van der Waals surface area contributed by atoms with Gasteiger partial charge < -0.3 is 4.57 Å². The van der Waals surface area contributed by atoms with Gasteiger partial charge in [0.1, 0.15) is 28.9 Å². The van der Waals surface area contributed by atoms with E-state index in [-0.39, 0.29) is 5.82 Å². The average molecular weight is 510 g/mol. The first kappa shape index (κ1) is 22.7. The summed E-state index contributed by atoms with van der Waals surface area (Å²) in [5.41, 5.74) is 4.43. The molecule has 182 valence electrons. The first-order valence-corrected chi connectivity index (χ1v) is 11.7. The van der Waals surface area contributed by atoms with E-state index in [4.69, 9.17) is 16.7 Å². The van der Waals surface area contributed by atoms with Crippen molar-refractivity contribution in [2.45, 2.75) is 31.4 Å². The summed E-state index contributed by atoms with van der Waals surface area (Å²) >= 11 is 6.60. The van der Waals surface area contributed by atoms with E-state index >= 15 is 0 Å². The van der Waals surface area contributed by atoms with E-state index in [1.165, 1.54) is 10.9 Å². The molecule has 6 rings (SSSR count). The van der Waals surface area contributed by atoms with E-state index in [9.17, 15) is 13.2 Å². The average Bonchev–Trinajstić information content (AvgIpc) is 3.54. The van der Waals surface area contributed by atoms with E-state index in [1.807, 2.05) is 12.1 Å². The molecule has 0 bridgehead atoms. The number of alkyl halides is 3. The number of hydrogen-bond donors (Lipinski definition) is 0. The number of halogens is 4. The van der Waals surface area contributed by atoms with Gasteiger partial charge in [-0.05, 0) is 24.5 Å². The zero-order valence-corrected chi connectivity index (χ0v) is 19.8. The van der Waals surface area contributed by atoms with Crippen LogP contribution in [-0.2, 0) is 19.6 Å². The summed E-state index contributed by atoms with van der Waals surface area (Å²) in [6.45, 7) is 0. The molecule has 1 aliphatic carbocycles. The number of benzene rings is 1. The summed E-state index contributed by atoms with van der Waals surface area (Å²) < 4.78 is 42.3. The van der Waals surface area contributed by atoms with Gasteiger partial charge in [0.2, 0.25) is 0 Å². The van der Waals surface area contributed by atoms with Gasteiger partial charge in [0.05, 0.1) is 22.6 Å². The SMILES string of the molecule is Cn1cc(C(F)(F)F)nc1-c1ccc(Cc2nn(-c3c(Cl)ccnc3C3CC3)c3cncnc23)cc1. The Morgan fingerprint density at radius 1 is 1.08 bits per heavy atom. The molecule has 36 heavy (non-hydrogen) atoms. The zero-order valence-electron chi connectivity index (χ0n) is 19.0. The van der Waals surface area contributed by atoms with Gasteiger partial charge in [-0.2, -0.15) is 18.3 Å². The largest absolute Gasteiger partial charge is 0.434 e. The third-order valence-electron chi connectivity index (χ3n) is 6.24. The molecule has 0 radical (unpaired) electrons. The summed E-state index contributed by atoms with van der Waals surface area (Å²) in [4.78, 5) is 17.0. The van der Waals surface area contributed by atoms with Crippen LogP contribution < -0.4 is 0 Å². The minimum atomic E-state index is -4.49. The maximum atomic E-state index is 13.0. The van der Waals surface area contributed by atoms with Crippen molar-refractivity contribution >= 4 is 22.6 Å². The van der Waals surface area contributed by atoms with Crippen molar-refractivity contribution in [2.75, 3.05) is 0 Å². The number of rotatable bonds is 5. The molecule has 4 aromatic heterocycles. The number of nitrogens with zero attached hydrogens (tertiary/aromatic N) is 7. The predicted octanol–water partition coefficient (Wildman–Crippen LogP) is 5.75. The fourth-order valence-electron chi connectivity index (χ4n) is 4.36. The zero-order chi connectivity index (χ0) is 25.0. The second-order valence-corrected chi connectivity index (χ2v) is 9.26. The molecule has 1 aliphatic rings. The second kappa shape index (κ2) is 8.41. The molecular weight excluding hydrogens is 491 g/mol. The highest BCUT2D eigenvalue weighted by Crippen LogP contribution is 2.43. The van der Waals surface area contributed by atoms with E-state index in [2.05, 4.69) is 19.9 Å². The normalized spacial score (nSPS) is 14.0. The molecule has 0 N–H and O–H groups in total. The van der Waals surface area contributed by atoms with Gasteiger partial charge in [-0.3, -0.25) is 4.98 Å². The highest BCUT2D eigenvalue weighted by molar-refractivity contribution is 6.32. The number of fused-ring (bicyclic) bond motifs is 1. The molecule has 5 aromatic rings.